The first-order valence-electron chi connectivity index (χ1n) is 10.5. The summed E-state index contributed by atoms with van der Waals surface area (Å²) in [6.07, 6.45) is 2.10. The molecule has 1 fully saturated rings. The smallest absolute Gasteiger partial charge is 0.289 e. The lowest BCUT2D eigenvalue weighted by molar-refractivity contribution is -0.138. The van der Waals surface area contributed by atoms with Crippen LogP contribution in [0.15, 0.2) is 47.1 Å². The van der Waals surface area contributed by atoms with Gasteiger partial charge in [0.25, 0.3) is 11.8 Å². The Morgan fingerprint density at radius 1 is 1.00 bits per heavy atom. The highest BCUT2D eigenvalue weighted by atomic mass is 16.3. The quantitative estimate of drug-likeness (QED) is 0.761. The van der Waals surface area contributed by atoms with Crippen molar-refractivity contribution in [3.05, 3.63) is 59.5 Å². The third-order valence-electron chi connectivity index (χ3n) is 5.82. The molecule has 158 valence electrons. The molecule has 4 rings (SSSR count). The number of carbonyl (C=O) groups is 3. The average molecular weight is 409 g/mol. The number of carbonyl (C=O) groups excluding carboxylic acids is 3. The van der Waals surface area contributed by atoms with E-state index in [-0.39, 0.29) is 23.6 Å². The Kier molecular flexibility index (Phi) is 5.61. The number of amides is 3. The van der Waals surface area contributed by atoms with Crippen molar-refractivity contribution in [2.24, 2.45) is 5.92 Å². The average Bonchev–Trinajstić information content (AvgIpc) is 3.40. The van der Waals surface area contributed by atoms with Crippen LogP contribution >= 0.6 is 0 Å². The zero-order valence-electron chi connectivity index (χ0n) is 17.4. The molecule has 0 bridgehead atoms. The van der Waals surface area contributed by atoms with Crippen LogP contribution in [0.5, 0.6) is 0 Å². The van der Waals surface area contributed by atoms with E-state index in [1.807, 2.05) is 24.3 Å². The molecule has 3 amide bonds. The largest absolute Gasteiger partial charge is 0.459 e. The highest BCUT2D eigenvalue weighted by molar-refractivity contribution is 6.01. The maximum atomic E-state index is 13.4. The van der Waals surface area contributed by atoms with Gasteiger partial charge in [0.2, 0.25) is 5.91 Å². The van der Waals surface area contributed by atoms with Crippen molar-refractivity contribution in [2.45, 2.75) is 32.9 Å². The van der Waals surface area contributed by atoms with Gasteiger partial charge in [-0.25, -0.2) is 0 Å². The van der Waals surface area contributed by atoms with Crippen molar-refractivity contribution in [2.75, 3.05) is 26.2 Å². The summed E-state index contributed by atoms with van der Waals surface area (Å²) < 4.78 is 5.20. The van der Waals surface area contributed by atoms with E-state index in [2.05, 4.69) is 13.8 Å². The highest BCUT2D eigenvalue weighted by Gasteiger charge is 2.39. The lowest BCUT2D eigenvalue weighted by Crippen LogP contribution is -2.56. The van der Waals surface area contributed by atoms with Crippen LogP contribution in [0, 0.1) is 5.92 Å². The van der Waals surface area contributed by atoms with Gasteiger partial charge in [0.1, 0.15) is 6.04 Å². The molecule has 30 heavy (non-hydrogen) atoms. The van der Waals surface area contributed by atoms with Gasteiger partial charge in [-0.1, -0.05) is 32.0 Å². The fraction of sp³-hybridized carbons (Fsp3) is 0.435. The van der Waals surface area contributed by atoms with Gasteiger partial charge < -0.3 is 19.1 Å². The molecular formula is C23H27N3O4. The predicted molar refractivity (Wildman–Crippen MR) is 111 cm³/mol. The summed E-state index contributed by atoms with van der Waals surface area (Å²) in [4.78, 5) is 44.1. The molecule has 1 aromatic carbocycles. The monoisotopic (exact) mass is 409 g/mol. The maximum absolute atomic E-state index is 13.4. The third kappa shape index (κ3) is 3.84. The standard InChI is InChI=1S/C23H27N3O4/c1-16(2)14-19(26-15-17-6-3-4-7-18(17)21(26)27)22(28)24-9-11-25(12-10-24)23(29)20-8-5-13-30-20/h3-8,13,16,19H,9-12,14-15H2,1-2H3. The molecule has 7 nitrogen and oxygen atoms in total. The Morgan fingerprint density at radius 2 is 1.70 bits per heavy atom. The number of nitrogens with zero attached hydrogens (tertiary/aromatic N) is 3. The van der Waals surface area contributed by atoms with E-state index < -0.39 is 6.04 Å². The molecule has 2 aromatic rings. The van der Waals surface area contributed by atoms with E-state index in [0.717, 1.165) is 5.56 Å². The lowest BCUT2D eigenvalue weighted by Gasteiger charge is -2.38. The summed E-state index contributed by atoms with van der Waals surface area (Å²) in [5.41, 5.74) is 1.66. The summed E-state index contributed by atoms with van der Waals surface area (Å²) in [6, 6.07) is 10.4. The van der Waals surface area contributed by atoms with Crippen molar-refractivity contribution in [1.29, 1.82) is 0 Å². The Hall–Kier alpha value is -3.09. The predicted octanol–water partition coefficient (Wildman–Crippen LogP) is 2.63. The van der Waals surface area contributed by atoms with E-state index in [9.17, 15) is 14.4 Å². The first-order chi connectivity index (χ1) is 14.5. The minimum Gasteiger partial charge on any atom is -0.459 e. The van der Waals surface area contributed by atoms with Gasteiger partial charge in [-0.2, -0.15) is 0 Å². The van der Waals surface area contributed by atoms with Gasteiger partial charge in [-0.05, 0) is 36.1 Å². The van der Waals surface area contributed by atoms with Gasteiger partial charge in [0.15, 0.2) is 5.76 Å². The lowest BCUT2D eigenvalue weighted by atomic mass is 10.0. The number of fused-ring (bicyclic) bond motifs is 1. The van der Waals surface area contributed by atoms with E-state index in [4.69, 9.17) is 4.42 Å². The summed E-state index contributed by atoms with van der Waals surface area (Å²) in [6.45, 7) is 6.41. The molecule has 1 saturated heterocycles. The topological polar surface area (TPSA) is 74.1 Å². The molecule has 2 aliphatic rings. The number of hydrogen-bond donors (Lipinski definition) is 0. The summed E-state index contributed by atoms with van der Waals surface area (Å²) in [5.74, 6) is 0.326. The summed E-state index contributed by atoms with van der Waals surface area (Å²) in [7, 11) is 0. The van der Waals surface area contributed by atoms with Crippen molar-refractivity contribution in [3.8, 4) is 0 Å². The van der Waals surface area contributed by atoms with Crippen LogP contribution in [0.25, 0.3) is 0 Å². The number of rotatable bonds is 5. The fourth-order valence-electron chi connectivity index (χ4n) is 4.23. The third-order valence-corrected chi connectivity index (χ3v) is 5.82. The second kappa shape index (κ2) is 8.34. The van der Waals surface area contributed by atoms with Crippen LogP contribution in [-0.4, -0.2) is 64.6 Å². The second-order valence-corrected chi connectivity index (χ2v) is 8.33. The molecule has 1 aromatic heterocycles. The van der Waals surface area contributed by atoms with Gasteiger partial charge in [0.05, 0.1) is 6.26 Å². The molecule has 0 N–H and O–H groups in total. The van der Waals surface area contributed by atoms with Crippen LogP contribution in [0.2, 0.25) is 0 Å². The Labute approximate surface area is 176 Å². The molecule has 0 saturated carbocycles. The summed E-state index contributed by atoms with van der Waals surface area (Å²) >= 11 is 0. The van der Waals surface area contributed by atoms with Crippen LogP contribution in [0.1, 0.15) is 46.7 Å². The van der Waals surface area contributed by atoms with Crippen LogP contribution < -0.4 is 0 Å². The highest BCUT2D eigenvalue weighted by Crippen LogP contribution is 2.28. The molecule has 2 aliphatic heterocycles. The van der Waals surface area contributed by atoms with Gasteiger partial charge in [-0.3, -0.25) is 14.4 Å². The molecular weight excluding hydrogens is 382 g/mol. The van der Waals surface area contributed by atoms with Gasteiger partial charge >= 0.3 is 0 Å². The Balaban J connectivity index is 1.45. The van der Waals surface area contributed by atoms with E-state index >= 15 is 0 Å². The van der Waals surface area contributed by atoms with Crippen molar-refractivity contribution in [1.82, 2.24) is 14.7 Å². The minimum atomic E-state index is -0.489. The Morgan fingerprint density at radius 3 is 2.33 bits per heavy atom. The van der Waals surface area contributed by atoms with E-state index in [1.165, 1.54) is 6.26 Å². The SMILES string of the molecule is CC(C)CC(C(=O)N1CCN(C(=O)c2ccco2)CC1)N1Cc2ccccc2C1=O. The molecule has 7 heteroatoms. The number of piperazine rings is 1. The second-order valence-electron chi connectivity index (χ2n) is 8.33. The summed E-state index contributed by atoms with van der Waals surface area (Å²) in [5, 5.41) is 0. The Bertz CT molecular complexity index is 930. The number of benzene rings is 1. The number of furan rings is 1. The van der Waals surface area contributed by atoms with Crippen LogP contribution in [0.3, 0.4) is 0 Å². The van der Waals surface area contributed by atoms with Crippen molar-refractivity contribution in [3.63, 3.8) is 0 Å². The van der Waals surface area contributed by atoms with Crippen molar-refractivity contribution < 1.29 is 18.8 Å². The van der Waals surface area contributed by atoms with Gasteiger partial charge in [-0.15, -0.1) is 0 Å². The molecule has 0 radical (unpaired) electrons. The zero-order valence-corrected chi connectivity index (χ0v) is 17.4. The molecule has 3 heterocycles. The van der Waals surface area contributed by atoms with E-state index in [1.54, 1.807) is 26.8 Å². The molecule has 1 unspecified atom stereocenters. The van der Waals surface area contributed by atoms with Gasteiger partial charge in [0, 0.05) is 38.3 Å². The molecule has 0 spiro atoms. The van der Waals surface area contributed by atoms with Crippen LogP contribution in [-0.2, 0) is 11.3 Å². The normalized spacial score (nSPS) is 17.4. The first kappa shape index (κ1) is 20.2. The molecule has 1 atom stereocenters. The number of hydrogen-bond acceptors (Lipinski definition) is 4. The maximum Gasteiger partial charge on any atom is 0.289 e. The zero-order chi connectivity index (χ0) is 21.3. The molecule has 0 aliphatic carbocycles. The minimum absolute atomic E-state index is 0.0325. The fourth-order valence-corrected chi connectivity index (χ4v) is 4.23. The van der Waals surface area contributed by atoms with E-state index in [0.29, 0.717) is 50.5 Å². The van der Waals surface area contributed by atoms with Crippen LogP contribution in [0.4, 0.5) is 0 Å². The first-order valence-corrected chi connectivity index (χ1v) is 10.5. The van der Waals surface area contributed by atoms with Crippen molar-refractivity contribution >= 4 is 17.7 Å².